The fraction of sp³-hybridized carbons (Fsp3) is 0.174. The summed E-state index contributed by atoms with van der Waals surface area (Å²) in [7, 11) is 1.65. The van der Waals surface area contributed by atoms with Gasteiger partial charge in [0, 0.05) is 36.9 Å². The summed E-state index contributed by atoms with van der Waals surface area (Å²) in [5.74, 6) is -0.732. The van der Waals surface area contributed by atoms with E-state index in [1.165, 1.54) is 18.2 Å². The summed E-state index contributed by atoms with van der Waals surface area (Å²) >= 11 is 0. The van der Waals surface area contributed by atoms with Crippen molar-refractivity contribution in [1.29, 1.82) is 0 Å². The highest BCUT2D eigenvalue weighted by Gasteiger charge is 2.11. The van der Waals surface area contributed by atoms with Gasteiger partial charge < -0.3 is 14.6 Å². The molecular formula is C23H21FN4O3. The number of nitrogens with zero attached hydrogens (tertiary/aromatic N) is 3. The lowest BCUT2D eigenvalue weighted by atomic mass is 10.1. The fourth-order valence-corrected chi connectivity index (χ4v) is 3.38. The summed E-state index contributed by atoms with van der Waals surface area (Å²) in [5, 5.41) is 8.02. The standard InChI is InChI=1S/C23H21FN4O3/c1-31-14-13-27-12-11-18-20(3-2-4-21(18)27)25-22(29)15-28-23(30)10-9-19(26-28)16-5-7-17(24)8-6-16/h2-12H,13-15H2,1H3,(H,25,29). The van der Waals surface area contributed by atoms with Crippen LogP contribution in [0.5, 0.6) is 0 Å². The maximum atomic E-state index is 13.2. The fourth-order valence-electron chi connectivity index (χ4n) is 3.38. The molecule has 0 saturated heterocycles. The Kier molecular flexibility index (Phi) is 5.90. The van der Waals surface area contributed by atoms with Crippen molar-refractivity contribution in [3.63, 3.8) is 0 Å². The second kappa shape index (κ2) is 8.93. The van der Waals surface area contributed by atoms with E-state index in [2.05, 4.69) is 10.4 Å². The lowest BCUT2D eigenvalue weighted by Crippen LogP contribution is -2.29. The number of amides is 1. The number of halogens is 1. The number of carbonyl (C=O) groups excluding carboxylic acids is 1. The van der Waals surface area contributed by atoms with E-state index in [9.17, 15) is 14.0 Å². The maximum absolute atomic E-state index is 13.2. The summed E-state index contributed by atoms with van der Waals surface area (Å²) < 4.78 is 21.4. The number of benzene rings is 2. The van der Waals surface area contributed by atoms with Gasteiger partial charge in [-0.15, -0.1) is 0 Å². The molecule has 0 unspecified atom stereocenters. The molecule has 0 aliphatic heterocycles. The molecule has 1 N–H and O–H groups in total. The first-order valence-electron chi connectivity index (χ1n) is 9.76. The Morgan fingerprint density at radius 1 is 1.10 bits per heavy atom. The third-order valence-electron chi connectivity index (χ3n) is 4.92. The van der Waals surface area contributed by atoms with Gasteiger partial charge in [-0.25, -0.2) is 9.07 Å². The first-order chi connectivity index (χ1) is 15.0. The van der Waals surface area contributed by atoms with Crippen LogP contribution in [0.4, 0.5) is 10.1 Å². The molecule has 0 bridgehead atoms. The number of hydrogen-bond acceptors (Lipinski definition) is 4. The van der Waals surface area contributed by atoms with Gasteiger partial charge in [0.2, 0.25) is 5.91 Å². The van der Waals surface area contributed by atoms with Crippen molar-refractivity contribution in [2.75, 3.05) is 19.0 Å². The topological polar surface area (TPSA) is 78.2 Å². The van der Waals surface area contributed by atoms with Gasteiger partial charge in [0.25, 0.3) is 5.56 Å². The van der Waals surface area contributed by atoms with Crippen LogP contribution in [0.15, 0.2) is 71.7 Å². The first kappa shape index (κ1) is 20.5. The molecule has 31 heavy (non-hydrogen) atoms. The number of aromatic nitrogens is 3. The van der Waals surface area contributed by atoms with Gasteiger partial charge in [-0.05, 0) is 48.5 Å². The Balaban J connectivity index is 1.54. The average Bonchev–Trinajstić information content (AvgIpc) is 3.18. The Morgan fingerprint density at radius 2 is 1.90 bits per heavy atom. The molecule has 0 radical (unpaired) electrons. The van der Waals surface area contributed by atoms with Gasteiger partial charge in [-0.3, -0.25) is 9.59 Å². The van der Waals surface area contributed by atoms with Crippen LogP contribution < -0.4 is 10.9 Å². The molecule has 4 aromatic rings. The zero-order valence-corrected chi connectivity index (χ0v) is 16.9. The zero-order valence-electron chi connectivity index (χ0n) is 16.9. The summed E-state index contributed by atoms with van der Waals surface area (Å²) in [4.78, 5) is 24.9. The van der Waals surface area contributed by atoms with E-state index in [0.717, 1.165) is 15.6 Å². The van der Waals surface area contributed by atoms with Crippen LogP contribution in [0.1, 0.15) is 0 Å². The van der Waals surface area contributed by atoms with Crippen molar-refractivity contribution in [2.45, 2.75) is 13.1 Å². The van der Waals surface area contributed by atoms with Crippen molar-refractivity contribution >= 4 is 22.5 Å². The SMILES string of the molecule is COCCn1ccc2c(NC(=O)Cn3nc(-c4ccc(F)cc4)ccc3=O)cccc21. The van der Waals surface area contributed by atoms with Crippen molar-refractivity contribution < 1.29 is 13.9 Å². The smallest absolute Gasteiger partial charge is 0.267 e. The summed E-state index contributed by atoms with van der Waals surface area (Å²) in [5.41, 5.74) is 2.36. The van der Waals surface area contributed by atoms with Crippen LogP contribution >= 0.6 is 0 Å². The molecule has 2 aromatic heterocycles. The number of anilines is 1. The lowest BCUT2D eigenvalue weighted by Gasteiger charge is -2.10. The molecule has 0 fully saturated rings. The van der Waals surface area contributed by atoms with Gasteiger partial charge in [0.05, 0.1) is 23.5 Å². The molecule has 0 saturated carbocycles. The quantitative estimate of drug-likeness (QED) is 0.498. The molecule has 8 heteroatoms. The second-order valence-electron chi connectivity index (χ2n) is 7.01. The third-order valence-corrected chi connectivity index (χ3v) is 4.92. The predicted octanol–water partition coefficient (Wildman–Crippen LogP) is 3.29. The van der Waals surface area contributed by atoms with Gasteiger partial charge in [-0.1, -0.05) is 6.07 Å². The predicted molar refractivity (Wildman–Crippen MR) is 116 cm³/mol. The minimum Gasteiger partial charge on any atom is -0.383 e. The Morgan fingerprint density at radius 3 is 2.68 bits per heavy atom. The van der Waals surface area contributed by atoms with Crippen LogP contribution in [-0.4, -0.2) is 34.0 Å². The molecule has 0 aliphatic rings. The maximum Gasteiger partial charge on any atom is 0.267 e. The van der Waals surface area contributed by atoms with Gasteiger partial charge in [0.15, 0.2) is 0 Å². The van der Waals surface area contributed by atoms with E-state index in [1.807, 2.05) is 35.0 Å². The first-order valence-corrected chi connectivity index (χ1v) is 9.76. The van der Waals surface area contributed by atoms with Gasteiger partial charge >= 0.3 is 0 Å². The minimum absolute atomic E-state index is 0.241. The molecule has 0 atom stereocenters. The number of nitrogens with one attached hydrogen (secondary N) is 1. The second-order valence-corrected chi connectivity index (χ2v) is 7.01. The average molecular weight is 420 g/mol. The highest BCUT2D eigenvalue weighted by molar-refractivity contribution is 6.01. The molecule has 1 amide bonds. The summed E-state index contributed by atoms with van der Waals surface area (Å²) in [6, 6.07) is 16.2. The minimum atomic E-state index is -0.398. The van der Waals surface area contributed by atoms with E-state index in [4.69, 9.17) is 4.74 Å². The highest BCUT2D eigenvalue weighted by atomic mass is 19.1. The van der Waals surface area contributed by atoms with Gasteiger partial charge in [-0.2, -0.15) is 5.10 Å². The number of methoxy groups -OCH3 is 1. The van der Waals surface area contributed by atoms with E-state index in [1.54, 1.807) is 25.3 Å². The number of ether oxygens (including phenoxy) is 1. The molecule has 7 nitrogen and oxygen atoms in total. The van der Waals surface area contributed by atoms with Crippen LogP contribution in [0.3, 0.4) is 0 Å². The zero-order chi connectivity index (χ0) is 21.8. The van der Waals surface area contributed by atoms with Crippen LogP contribution in [0.25, 0.3) is 22.2 Å². The highest BCUT2D eigenvalue weighted by Crippen LogP contribution is 2.24. The lowest BCUT2D eigenvalue weighted by molar-refractivity contribution is -0.117. The number of carbonyl (C=O) groups is 1. The molecule has 0 aliphatic carbocycles. The summed E-state index contributed by atoms with van der Waals surface area (Å²) in [6.07, 6.45) is 1.94. The molecule has 2 aromatic carbocycles. The molecule has 0 spiro atoms. The van der Waals surface area contributed by atoms with Crippen LogP contribution in [-0.2, 0) is 22.6 Å². The summed E-state index contributed by atoms with van der Waals surface area (Å²) in [6.45, 7) is 1.04. The van der Waals surface area contributed by atoms with Crippen molar-refractivity contribution in [2.24, 2.45) is 0 Å². The van der Waals surface area contributed by atoms with Crippen molar-refractivity contribution in [3.8, 4) is 11.3 Å². The Bertz CT molecular complexity index is 1280. The number of fused-ring (bicyclic) bond motifs is 1. The Labute approximate surface area is 177 Å². The monoisotopic (exact) mass is 420 g/mol. The Hall–Kier alpha value is -3.78. The number of rotatable bonds is 7. The normalized spacial score (nSPS) is 11.0. The van der Waals surface area contributed by atoms with E-state index in [0.29, 0.717) is 30.1 Å². The number of hydrogen-bond donors (Lipinski definition) is 1. The van der Waals surface area contributed by atoms with Crippen LogP contribution in [0, 0.1) is 5.82 Å². The van der Waals surface area contributed by atoms with Crippen molar-refractivity contribution in [1.82, 2.24) is 14.3 Å². The van der Waals surface area contributed by atoms with E-state index >= 15 is 0 Å². The molecule has 4 rings (SSSR count). The van der Waals surface area contributed by atoms with Gasteiger partial charge in [0.1, 0.15) is 12.4 Å². The van der Waals surface area contributed by atoms with Crippen LogP contribution in [0.2, 0.25) is 0 Å². The molecule has 2 heterocycles. The van der Waals surface area contributed by atoms with E-state index < -0.39 is 5.56 Å². The largest absolute Gasteiger partial charge is 0.383 e. The molecular weight excluding hydrogens is 399 g/mol. The van der Waals surface area contributed by atoms with E-state index in [-0.39, 0.29) is 18.3 Å². The van der Waals surface area contributed by atoms with Crippen molar-refractivity contribution in [3.05, 3.63) is 83.0 Å². The third kappa shape index (κ3) is 4.54. The molecule has 158 valence electrons.